The third kappa shape index (κ3) is 2.98. The molecule has 1 aliphatic carbocycles. The standard InChI is InChI=1S/C17H20N4O3/c1-23-17(7-4-8-17)16(11-22)21-10-14(19-20-21)12-24-15-6-3-2-5-13(15)9-18/h2-3,5-6,10,16,22H,4,7-8,11-12H2,1H3. The van der Waals surface area contributed by atoms with Gasteiger partial charge in [0.1, 0.15) is 30.2 Å². The molecule has 24 heavy (non-hydrogen) atoms. The van der Waals surface area contributed by atoms with Gasteiger partial charge in [0.05, 0.1) is 24.0 Å². The van der Waals surface area contributed by atoms with Crippen molar-refractivity contribution in [2.75, 3.05) is 13.7 Å². The molecule has 1 aliphatic rings. The molecule has 3 rings (SSSR count). The maximum absolute atomic E-state index is 9.76. The summed E-state index contributed by atoms with van der Waals surface area (Å²) in [5.41, 5.74) is 0.742. The van der Waals surface area contributed by atoms with Crippen molar-refractivity contribution in [3.8, 4) is 11.8 Å². The van der Waals surface area contributed by atoms with E-state index in [9.17, 15) is 5.11 Å². The van der Waals surface area contributed by atoms with Crippen molar-refractivity contribution >= 4 is 0 Å². The van der Waals surface area contributed by atoms with Gasteiger partial charge in [0, 0.05) is 7.11 Å². The molecular formula is C17H20N4O3. The van der Waals surface area contributed by atoms with E-state index in [0.717, 1.165) is 19.3 Å². The molecule has 0 amide bonds. The van der Waals surface area contributed by atoms with Gasteiger partial charge in [-0.3, -0.25) is 0 Å². The van der Waals surface area contributed by atoms with Crippen LogP contribution in [0, 0.1) is 11.3 Å². The number of methoxy groups -OCH3 is 1. The van der Waals surface area contributed by atoms with Crippen LogP contribution in [0.4, 0.5) is 0 Å². The SMILES string of the molecule is COC1(C(CO)n2cc(COc3ccccc3C#N)nn2)CCC1. The Morgan fingerprint density at radius 3 is 2.83 bits per heavy atom. The van der Waals surface area contributed by atoms with Crippen molar-refractivity contribution in [3.63, 3.8) is 0 Å². The second-order valence-corrected chi connectivity index (χ2v) is 5.91. The van der Waals surface area contributed by atoms with Gasteiger partial charge in [0.25, 0.3) is 0 Å². The van der Waals surface area contributed by atoms with Crippen LogP contribution < -0.4 is 4.74 Å². The largest absolute Gasteiger partial charge is 0.486 e. The van der Waals surface area contributed by atoms with Gasteiger partial charge in [0.2, 0.25) is 0 Å². The lowest BCUT2D eigenvalue weighted by atomic mass is 9.74. The van der Waals surface area contributed by atoms with Gasteiger partial charge in [-0.15, -0.1) is 5.10 Å². The molecule has 1 saturated carbocycles. The number of rotatable bonds is 7. The molecule has 0 saturated heterocycles. The molecule has 1 N–H and O–H groups in total. The number of ether oxygens (including phenoxy) is 2. The smallest absolute Gasteiger partial charge is 0.137 e. The van der Waals surface area contributed by atoms with E-state index < -0.39 is 0 Å². The summed E-state index contributed by atoms with van der Waals surface area (Å²) in [6.45, 7) is 0.144. The minimum absolute atomic E-state index is 0.0608. The Labute approximate surface area is 140 Å². The van der Waals surface area contributed by atoms with E-state index in [1.54, 1.807) is 36.2 Å². The second-order valence-electron chi connectivity index (χ2n) is 5.91. The van der Waals surface area contributed by atoms with Crippen molar-refractivity contribution in [1.29, 1.82) is 5.26 Å². The molecule has 1 atom stereocenters. The van der Waals surface area contributed by atoms with Gasteiger partial charge in [-0.2, -0.15) is 5.26 Å². The van der Waals surface area contributed by atoms with Crippen molar-refractivity contribution < 1.29 is 14.6 Å². The first-order valence-corrected chi connectivity index (χ1v) is 7.91. The summed E-state index contributed by atoms with van der Waals surface area (Å²) >= 11 is 0. The quantitative estimate of drug-likeness (QED) is 0.833. The average molecular weight is 328 g/mol. The first-order chi connectivity index (χ1) is 11.7. The highest BCUT2D eigenvalue weighted by atomic mass is 16.5. The van der Waals surface area contributed by atoms with E-state index in [-0.39, 0.29) is 24.9 Å². The highest BCUT2D eigenvalue weighted by molar-refractivity contribution is 5.42. The van der Waals surface area contributed by atoms with Crippen LogP contribution in [0.15, 0.2) is 30.5 Å². The number of aliphatic hydroxyl groups excluding tert-OH is 1. The summed E-state index contributed by atoms with van der Waals surface area (Å²) in [4.78, 5) is 0. The van der Waals surface area contributed by atoms with Gasteiger partial charge in [0.15, 0.2) is 0 Å². The zero-order valence-electron chi connectivity index (χ0n) is 13.6. The molecule has 1 fully saturated rings. The van der Waals surface area contributed by atoms with Gasteiger partial charge in [-0.1, -0.05) is 17.3 Å². The van der Waals surface area contributed by atoms with E-state index in [0.29, 0.717) is 17.0 Å². The van der Waals surface area contributed by atoms with Gasteiger partial charge < -0.3 is 14.6 Å². The fraction of sp³-hybridized carbons (Fsp3) is 0.471. The summed E-state index contributed by atoms with van der Waals surface area (Å²) in [6.07, 6.45) is 4.64. The fourth-order valence-corrected chi connectivity index (χ4v) is 3.06. The van der Waals surface area contributed by atoms with Gasteiger partial charge >= 0.3 is 0 Å². The van der Waals surface area contributed by atoms with Crippen LogP contribution in [0.1, 0.15) is 36.6 Å². The van der Waals surface area contributed by atoms with Crippen LogP contribution in [0.25, 0.3) is 0 Å². The molecule has 0 aliphatic heterocycles. The number of aliphatic hydroxyl groups is 1. The Kier molecular flexibility index (Phi) is 4.79. The van der Waals surface area contributed by atoms with E-state index in [2.05, 4.69) is 16.4 Å². The minimum Gasteiger partial charge on any atom is -0.486 e. The Balaban J connectivity index is 1.70. The van der Waals surface area contributed by atoms with Crippen LogP contribution in [0.3, 0.4) is 0 Å². The first kappa shape index (κ1) is 16.4. The zero-order valence-corrected chi connectivity index (χ0v) is 13.6. The van der Waals surface area contributed by atoms with E-state index in [1.165, 1.54) is 0 Å². The summed E-state index contributed by atoms with van der Waals surface area (Å²) in [5, 5.41) is 27.1. The predicted molar refractivity (Wildman–Crippen MR) is 85.2 cm³/mol. The van der Waals surface area contributed by atoms with Crippen molar-refractivity contribution in [2.24, 2.45) is 0 Å². The number of para-hydroxylation sites is 1. The molecule has 0 spiro atoms. The first-order valence-electron chi connectivity index (χ1n) is 7.91. The number of hydrogen-bond donors (Lipinski definition) is 1. The third-order valence-corrected chi connectivity index (χ3v) is 4.65. The highest BCUT2D eigenvalue weighted by Crippen LogP contribution is 2.43. The predicted octanol–water partition coefficient (Wildman–Crippen LogP) is 1.83. The molecule has 7 heteroatoms. The Hall–Kier alpha value is -2.43. The second kappa shape index (κ2) is 6.99. The van der Waals surface area contributed by atoms with Crippen LogP contribution in [0.2, 0.25) is 0 Å². The summed E-state index contributed by atoms with van der Waals surface area (Å²) in [6, 6.07) is 8.88. The minimum atomic E-state index is -0.367. The molecule has 0 radical (unpaired) electrons. The number of benzene rings is 1. The van der Waals surface area contributed by atoms with E-state index >= 15 is 0 Å². The third-order valence-electron chi connectivity index (χ3n) is 4.65. The maximum atomic E-state index is 9.76. The Morgan fingerprint density at radius 1 is 1.42 bits per heavy atom. The molecule has 2 aromatic rings. The number of aromatic nitrogens is 3. The summed E-state index contributed by atoms with van der Waals surface area (Å²) in [5.74, 6) is 0.514. The summed E-state index contributed by atoms with van der Waals surface area (Å²) in [7, 11) is 1.67. The highest BCUT2D eigenvalue weighted by Gasteiger charge is 2.45. The van der Waals surface area contributed by atoms with Crippen LogP contribution in [-0.4, -0.2) is 39.4 Å². The topological polar surface area (TPSA) is 93.2 Å². The van der Waals surface area contributed by atoms with Crippen LogP contribution >= 0.6 is 0 Å². The average Bonchev–Trinajstić information content (AvgIpc) is 3.04. The molecule has 1 heterocycles. The van der Waals surface area contributed by atoms with E-state index in [4.69, 9.17) is 14.7 Å². The van der Waals surface area contributed by atoms with Crippen molar-refractivity contribution in [1.82, 2.24) is 15.0 Å². The maximum Gasteiger partial charge on any atom is 0.137 e. The van der Waals surface area contributed by atoms with Gasteiger partial charge in [-0.05, 0) is 31.4 Å². The molecular weight excluding hydrogens is 308 g/mol. The zero-order chi connectivity index (χ0) is 17.0. The molecule has 1 unspecified atom stereocenters. The van der Waals surface area contributed by atoms with Crippen LogP contribution in [0.5, 0.6) is 5.75 Å². The molecule has 0 bridgehead atoms. The number of nitrogens with zero attached hydrogens (tertiary/aromatic N) is 4. The lowest BCUT2D eigenvalue weighted by Crippen LogP contribution is -2.49. The number of hydrogen-bond acceptors (Lipinski definition) is 6. The Bertz CT molecular complexity index is 728. The fourth-order valence-electron chi connectivity index (χ4n) is 3.06. The van der Waals surface area contributed by atoms with Crippen LogP contribution in [-0.2, 0) is 11.3 Å². The number of nitriles is 1. The monoisotopic (exact) mass is 328 g/mol. The van der Waals surface area contributed by atoms with Crippen molar-refractivity contribution in [3.05, 3.63) is 41.7 Å². The molecule has 7 nitrogen and oxygen atoms in total. The van der Waals surface area contributed by atoms with Crippen molar-refractivity contribution in [2.45, 2.75) is 37.5 Å². The molecule has 1 aromatic carbocycles. The lowest BCUT2D eigenvalue weighted by molar-refractivity contribution is -0.123. The van der Waals surface area contributed by atoms with E-state index in [1.807, 2.05) is 6.07 Å². The van der Waals surface area contributed by atoms with Gasteiger partial charge in [-0.25, -0.2) is 4.68 Å². The normalized spacial score (nSPS) is 16.9. The lowest BCUT2D eigenvalue weighted by Gasteiger charge is -2.45. The molecule has 126 valence electrons. The molecule has 1 aromatic heterocycles. The summed E-state index contributed by atoms with van der Waals surface area (Å²) < 4.78 is 12.9. The Morgan fingerprint density at radius 2 is 2.21 bits per heavy atom.